The largest absolute Gasteiger partial charge is 0.477 e. The lowest BCUT2D eigenvalue weighted by Gasteiger charge is -2.03. The van der Waals surface area contributed by atoms with Crippen LogP contribution in [0.5, 0.6) is 0 Å². The molecule has 2 heterocycles. The quantitative estimate of drug-likeness (QED) is 0.750. The number of nitrogens with zero attached hydrogens (tertiary/aromatic N) is 1. The zero-order valence-corrected chi connectivity index (χ0v) is 12.7. The standard InChI is InChI=1S/C16H12N2O4S/c19-12(9-10-5-2-1-3-6-10)17-15-13(16(20)21)14(18-22-15)11-7-4-8-23-11/h1-8H,9H2,(H,17,19)(H,20,21). The molecule has 0 spiro atoms. The first-order chi connectivity index (χ1) is 11.1. The van der Waals surface area contributed by atoms with Crippen molar-refractivity contribution in [3.63, 3.8) is 0 Å². The fraction of sp³-hybridized carbons (Fsp3) is 0.0625. The van der Waals surface area contributed by atoms with Crippen LogP contribution < -0.4 is 5.32 Å². The minimum atomic E-state index is -1.20. The molecular weight excluding hydrogens is 316 g/mol. The smallest absolute Gasteiger partial charge is 0.343 e. The molecule has 0 unspecified atom stereocenters. The summed E-state index contributed by atoms with van der Waals surface area (Å²) in [6.45, 7) is 0. The van der Waals surface area contributed by atoms with Crippen LogP contribution in [-0.4, -0.2) is 22.1 Å². The van der Waals surface area contributed by atoms with Crippen LogP contribution in [0.1, 0.15) is 15.9 Å². The Hall–Kier alpha value is -2.93. The number of benzene rings is 1. The number of carboxylic acid groups (broad SMARTS) is 1. The average molecular weight is 328 g/mol. The van der Waals surface area contributed by atoms with E-state index in [1.54, 1.807) is 12.1 Å². The summed E-state index contributed by atoms with van der Waals surface area (Å²) in [6, 6.07) is 12.7. The highest BCUT2D eigenvalue weighted by atomic mass is 32.1. The van der Waals surface area contributed by atoms with Gasteiger partial charge < -0.3 is 9.63 Å². The number of aromatic carboxylic acids is 1. The number of carboxylic acids is 1. The number of anilines is 1. The maximum atomic E-state index is 12.1. The number of aromatic nitrogens is 1. The fourth-order valence-electron chi connectivity index (χ4n) is 2.11. The summed E-state index contributed by atoms with van der Waals surface area (Å²) in [5.41, 5.74) is 0.885. The van der Waals surface area contributed by atoms with E-state index in [2.05, 4.69) is 10.5 Å². The molecule has 0 aliphatic rings. The average Bonchev–Trinajstić information content (AvgIpc) is 3.16. The van der Waals surface area contributed by atoms with Crippen molar-refractivity contribution in [3.05, 3.63) is 59.0 Å². The molecule has 23 heavy (non-hydrogen) atoms. The van der Waals surface area contributed by atoms with E-state index < -0.39 is 5.97 Å². The van der Waals surface area contributed by atoms with Gasteiger partial charge in [-0.25, -0.2) is 4.79 Å². The molecule has 0 bridgehead atoms. The first kappa shape index (κ1) is 15.0. The molecule has 0 saturated heterocycles. The van der Waals surface area contributed by atoms with Crippen molar-refractivity contribution in [2.24, 2.45) is 0 Å². The molecular formula is C16H12N2O4S. The second-order valence-corrected chi connectivity index (χ2v) is 5.68. The number of thiophene rings is 1. The molecule has 0 aliphatic carbocycles. The van der Waals surface area contributed by atoms with Gasteiger partial charge in [-0.2, -0.15) is 0 Å². The maximum Gasteiger partial charge on any atom is 0.343 e. The molecule has 116 valence electrons. The molecule has 0 saturated carbocycles. The van der Waals surface area contributed by atoms with Crippen LogP contribution in [0.25, 0.3) is 10.6 Å². The van der Waals surface area contributed by atoms with Crippen LogP contribution in [-0.2, 0) is 11.2 Å². The third-order valence-electron chi connectivity index (χ3n) is 3.12. The number of amides is 1. The van der Waals surface area contributed by atoms with Gasteiger partial charge in [-0.05, 0) is 17.0 Å². The highest BCUT2D eigenvalue weighted by Gasteiger charge is 2.25. The van der Waals surface area contributed by atoms with Crippen molar-refractivity contribution in [2.75, 3.05) is 5.32 Å². The van der Waals surface area contributed by atoms with Gasteiger partial charge in [-0.3, -0.25) is 10.1 Å². The van der Waals surface area contributed by atoms with Crippen molar-refractivity contribution >= 4 is 29.1 Å². The molecule has 0 fully saturated rings. The van der Waals surface area contributed by atoms with Gasteiger partial charge in [0.25, 0.3) is 0 Å². The second kappa shape index (κ2) is 6.45. The number of hydrogen-bond donors (Lipinski definition) is 2. The van der Waals surface area contributed by atoms with Gasteiger partial charge >= 0.3 is 5.97 Å². The van der Waals surface area contributed by atoms with E-state index in [0.29, 0.717) is 4.88 Å². The Kier molecular flexibility index (Phi) is 4.20. The summed E-state index contributed by atoms with van der Waals surface area (Å²) in [5, 5.41) is 17.5. The monoisotopic (exact) mass is 328 g/mol. The van der Waals surface area contributed by atoms with Crippen LogP contribution in [0.3, 0.4) is 0 Å². The summed E-state index contributed by atoms with van der Waals surface area (Å²) >= 11 is 1.34. The lowest BCUT2D eigenvalue weighted by molar-refractivity contribution is -0.115. The zero-order valence-electron chi connectivity index (χ0n) is 11.9. The van der Waals surface area contributed by atoms with Crippen molar-refractivity contribution in [1.29, 1.82) is 0 Å². The van der Waals surface area contributed by atoms with Gasteiger partial charge in [0.2, 0.25) is 11.8 Å². The number of carbonyl (C=O) groups is 2. The van der Waals surface area contributed by atoms with E-state index in [1.807, 2.05) is 35.7 Å². The molecule has 1 aromatic carbocycles. The minimum absolute atomic E-state index is 0.120. The van der Waals surface area contributed by atoms with Gasteiger partial charge in [0.15, 0.2) is 5.56 Å². The van der Waals surface area contributed by atoms with E-state index in [-0.39, 0.29) is 29.5 Å². The normalized spacial score (nSPS) is 10.4. The maximum absolute atomic E-state index is 12.1. The second-order valence-electron chi connectivity index (χ2n) is 4.73. The molecule has 3 rings (SSSR count). The topological polar surface area (TPSA) is 92.4 Å². The molecule has 0 aliphatic heterocycles. The van der Waals surface area contributed by atoms with Crippen LogP contribution in [0.4, 0.5) is 5.88 Å². The molecule has 2 aromatic heterocycles. The first-order valence-electron chi connectivity index (χ1n) is 6.76. The highest BCUT2D eigenvalue weighted by molar-refractivity contribution is 7.13. The fourth-order valence-corrected chi connectivity index (χ4v) is 2.82. The van der Waals surface area contributed by atoms with Crippen molar-refractivity contribution in [1.82, 2.24) is 5.16 Å². The summed E-state index contributed by atoms with van der Waals surface area (Å²) in [5.74, 6) is -1.72. The van der Waals surface area contributed by atoms with Crippen LogP contribution in [0.2, 0.25) is 0 Å². The SMILES string of the molecule is O=C(Cc1ccccc1)Nc1onc(-c2cccs2)c1C(=O)O. The van der Waals surface area contributed by atoms with Gasteiger partial charge in [-0.1, -0.05) is 41.6 Å². The Balaban J connectivity index is 1.83. The predicted molar refractivity (Wildman–Crippen MR) is 85.6 cm³/mol. The highest BCUT2D eigenvalue weighted by Crippen LogP contribution is 2.31. The van der Waals surface area contributed by atoms with E-state index >= 15 is 0 Å². The van der Waals surface area contributed by atoms with Gasteiger partial charge in [0, 0.05) is 0 Å². The summed E-state index contributed by atoms with van der Waals surface area (Å²) < 4.78 is 5.03. The number of nitrogens with one attached hydrogen (secondary N) is 1. The van der Waals surface area contributed by atoms with E-state index in [0.717, 1.165) is 5.56 Å². The van der Waals surface area contributed by atoms with Gasteiger partial charge in [0.1, 0.15) is 5.69 Å². The Labute approximate surface area is 135 Å². The van der Waals surface area contributed by atoms with Crippen LogP contribution in [0.15, 0.2) is 52.4 Å². The third kappa shape index (κ3) is 3.29. The number of carbonyl (C=O) groups excluding carboxylic acids is 1. The Morgan fingerprint density at radius 2 is 1.96 bits per heavy atom. The molecule has 3 aromatic rings. The van der Waals surface area contributed by atoms with E-state index in [9.17, 15) is 14.7 Å². The Bertz CT molecular complexity index is 825. The van der Waals surface area contributed by atoms with Gasteiger partial charge in [-0.15, -0.1) is 11.3 Å². The summed E-state index contributed by atoms with van der Waals surface area (Å²) in [4.78, 5) is 24.2. The van der Waals surface area contributed by atoms with Crippen LogP contribution in [0, 0.1) is 0 Å². The molecule has 2 N–H and O–H groups in total. The van der Waals surface area contributed by atoms with E-state index in [4.69, 9.17) is 4.52 Å². The first-order valence-corrected chi connectivity index (χ1v) is 7.63. The molecule has 6 nitrogen and oxygen atoms in total. The molecule has 0 radical (unpaired) electrons. The number of hydrogen-bond acceptors (Lipinski definition) is 5. The third-order valence-corrected chi connectivity index (χ3v) is 4.00. The lowest BCUT2D eigenvalue weighted by atomic mass is 10.1. The molecule has 1 amide bonds. The summed E-state index contributed by atoms with van der Waals surface area (Å²) in [7, 11) is 0. The Morgan fingerprint density at radius 3 is 2.61 bits per heavy atom. The predicted octanol–water partition coefficient (Wildman–Crippen LogP) is 3.28. The summed E-state index contributed by atoms with van der Waals surface area (Å²) in [6.07, 6.45) is 0.120. The Morgan fingerprint density at radius 1 is 1.17 bits per heavy atom. The number of rotatable bonds is 5. The van der Waals surface area contributed by atoms with E-state index in [1.165, 1.54) is 11.3 Å². The lowest BCUT2D eigenvalue weighted by Crippen LogP contribution is -2.16. The molecule has 7 heteroatoms. The van der Waals surface area contributed by atoms with Crippen molar-refractivity contribution in [3.8, 4) is 10.6 Å². The zero-order chi connectivity index (χ0) is 16.2. The van der Waals surface area contributed by atoms with Gasteiger partial charge in [0.05, 0.1) is 11.3 Å². The van der Waals surface area contributed by atoms with Crippen molar-refractivity contribution in [2.45, 2.75) is 6.42 Å². The van der Waals surface area contributed by atoms with Crippen molar-refractivity contribution < 1.29 is 19.2 Å². The molecule has 0 atom stereocenters. The van der Waals surface area contributed by atoms with Crippen LogP contribution >= 0.6 is 11.3 Å². The minimum Gasteiger partial charge on any atom is -0.477 e.